The normalized spacial score (nSPS) is 12.5. The third-order valence-corrected chi connectivity index (χ3v) is 17.6. The predicted molar refractivity (Wildman–Crippen MR) is 352 cm³/mol. The summed E-state index contributed by atoms with van der Waals surface area (Å²) >= 11 is 0. The Kier molecular flexibility index (Phi) is 68.9. The molecule has 0 aliphatic heterocycles. The molecule has 0 rings (SSSR count). The van der Waals surface area contributed by atoms with Crippen molar-refractivity contribution in [3.05, 3.63) is 12.2 Å². The molecule has 1 amide bonds. The SMILES string of the molecule is CCCCCCCCCCCCCCCCCCCCCCCC(O)C(CO)NC(=O)CCCCCCCCCC/C=C\CCCCCCCCCCCCCCOC(=O)CCCCCCCCCCCCCCCCCCCC. The van der Waals surface area contributed by atoms with E-state index in [2.05, 4.69) is 31.3 Å². The van der Waals surface area contributed by atoms with Crippen LogP contribution in [0.3, 0.4) is 0 Å². The molecule has 0 radical (unpaired) electrons. The number of hydrogen-bond acceptors (Lipinski definition) is 5. The molecule has 2 unspecified atom stereocenters. The predicted octanol–water partition coefficient (Wildman–Crippen LogP) is 23.9. The highest BCUT2D eigenvalue weighted by atomic mass is 16.5. The van der Waals surface area contributed by atoms with Crippen LogP contribution in [-0.4, -0.2) is 47.4 Å². The fourth-order valence-electron chi connectivity index (χ4n) is 11.9. The van der Waals surface area contributed by atoms with E-state index in [-0.39, 0.29) is 18.5 Å². The Balaban J connectivity index is 3.38. The zero-order chi connectivity index (χ0) is 57.8. The van der Waals surface area contributed by atoms with E-state index in [9.17, 15) is 19.8 Å². The molecule has 0 bridgehead atoms. The minimum absolute atomic E-state index is 0.0183. The number of ether oxygens (including phenoxy) is 1. The number of aliphatic hydroxyl groups excluding tert-OH is 2. The van der Waals surface area contributed by atoms with Crippen LogP contribution >= 0.6 is 0 Å². The van der Waals surface area contributed by atoms with Gasteiger partial charge in [0.15, 0.2) is 0 Å². The quantitative estimate of drug-likeness (QED) is 0.0320. The molecular formula is C74H145NO5. The summed E-state index contributed by atoms with van der Waals surface area (Å²) in [6.45, 7) is 5.00. The molecule has 0 aromatic rings. The first-order chi connectivity index (χ1) is 39.5. The largest absolute Gasteiger partial charge is 0.466 e. The van der Waals surface area contributed by atoms with Crippen LogP contribution in [0.5, 0.6) is 0 Å². The first-order valence-electron chi connectivity index (χ1n) is 36.9. The van der Waals surface area contributed by atoms with E-state index in [1.807, 2.05) is 0 Å². The van der Waals surface area contributed by atoms with Crippen molar-refractivity contribution < 1.29 is 24.5 Å². The third kappa shape index (κ3) is 65.7. The Hall–Kier alpha value is -1.40. The van der Waals surface area contributed by atoms with Crippen molar-refractivity contribution in [3.8, 4) is 0 Å². The maximum absolute atomic E-state index is 12.5. The Morgan fingerprint density at radius 1 is 0.338 bits per heavy atom. The maximum Gasteiger partial charge on any atom is 0.305 e. The van der Waals surface area contributed by atoms with Crippen LogP contribution < -0.4 is 5.32 Å². The van der Waals surface area contributed by atoms with E-state index < -0.39 is 12.1 Å². The minimum Gasteiger partial charge on any atom is -0.466 e. The summed E-state index contributed by atoms with van der Waals surface area (Å²) in [5.74, 6) is -0.0161. The van der Waals surface area contributed by atoms with Crippen LogP contribution in [-0.2, 0) is 14.3 Å². The zero-order valence-corrected chi connectivity index (χ0v) is 54.6. The van der Waals surface area contributed by atoms with Crippen LogP contribution in [0.25, 0.3) is 0 Å². The molecule has 0 spiro atoms. The highest BCUT2D eigenvalue weighted by Gasteiger charge is 2.20. The number of aliphatic hydroxyl groups is 2. The second-order valence-electron chi connectivity index (χ2n) is 25.6. The van der Waals surface area contributed by atoms with E-state index >= 15 is 0 Å². The number of amides is 1. The number of rotatable bonds is 70. The van der Waals surface area contributed by atoms with E-state index in [1.54, 1.807) is 0 Å². The molecule has 0 heterocycles. The second-order valence-corrected chi connectivity index (χ2v) is 25.6. The lowest BCUT2D eigenvalue weighted by molar-refractivity contribution is -0.143. The van der Waals surface area contributed by atoms with Gasteiger partial charge in [-0.25, -0.2) is 0 Å². The molecule has 476 valence electrons. The lowest BCUT2D eigenvalue weighted by Gasteiger charge is -2.22. The number of allylic oxidation sites excluding steroid dienone is 2. The van der Waals surface area contributed by atoms with E-state index in [0.29, 0.717) is 25.9 Å². The lowest BCUT2D eigenvalue weighted by atomic mass is 10.0. The fraction of sp³-hybridized carbons (Fsp3) is 0.946. The molecule has 6 nitrogen and oxygen atoms in total. The van der Waals surface area contributed by atoms with Gasteiger partial charge >= 0.3 is 5.97 Å². The Morgan fingerprint density at radius 2 is 0.588 bits per heavy atom. The number of carbonyl (C=O) groups is 2. The van der Waals surface area contributed by atoms with Crippen molar-refractivity contribution in [2.45, 2.75) is 437 Å². The summed E-state index contributed by atoms with van der Waals surface area (Å²) < 4.78 is 5.51. The molecular weight excluding hydrogens is 983 g/mol. The molecule has 0 aliphatic rings. The lowest BCUT2D eigenvalue weighted by Crippen LogP contribution is -2.45. The van der Waals surface area contributed by atoms with Crippen molar-refractivity contribution in [2.75, 3.05) is 13.2 Å². The molecule has 2 atom stereocenters. The number of esters is 1. The summed E-state index contributed by atoms with van der Waals surface area (Å²) in [6.07, 6.45) is 87.0. The summed E-state index contributed by atoms with van der Waals surface area (Å²) in [4.78, 5) is 24.7. The molecule has 80 heavy (non-hydrogen) atoms. The van der Waals surface area contributed by atoms with Crippen LogP contribution in [0, 0.1) is 0 Å². The van der Waals surface area contributed by atoms with Crippen LogP contribution in [0.4, 0.5) is 0 Å². The summed E-state index contributed by atoms with van der Waals surface area (Å²) in [7, 11) is 0. The van der Waals surface area contributed by atoms with Gasteiger partial charge < -0.3 is 20.3 Å². The van der Waals surface area contributed by atoms with E-state index in [4.69, 9.17) is 4.74 Å². The van der Waals surface area contributed by atoms with Gasteiger partial charge in [-0.15, -0.1) is 0 Å². The minimum atomic E-state index is -0.668. The number of carbonyl (C=O) groups excluding carboxylic acids is 2. The van der Waals surface area contributed by atoms with Crippen LogP contribution in [0.2, 0.25) is 0 Å². The second kappa shape index (κ2) is 70.1. The molecule has 0 aromatic carbocycles. The standard InChI is InChI=1S/C74H145NO5/c1-3-5-7-9-11-13-15-17-19-21-23-28-31-34-38-42-46-50-54-58-62-66-72(77)71(70-76)75-73(78)67-63-59-55-51-47-43-39-35-32-29-26-24-25-27-30-33-37-41-45-49-53-57-61-65-69-80-74(79)68-64-60-56-52-48-44-40-36-22-20-18-16-14-12-10-8-6-4-2/h26,29,71-72,76-77H,3-25,27-28,30-70H2,1-2H3,(H,75,78)/b29-26-. The average Bonchev–Trinajstić information content (AvgIpc) is 3.46. The first kappa shape index (κ1) is 78.6. The fourth-order valence-corrected chi connectivity index (χ4v) is 11.9. The summed E-state index contributed by atoms with van der Waals surface area (Å²) in [5.41, 5.74) is 0. The topological polar surface area (TPSA) is 95.9 Å². The van der Waals surface area contributed by atoms with E-state index in [1.165, 1.54) is 353 Å². The van der Waals surface area contributed by atoms with Crippen molar-refractivity contribution in [2.24, 2.45) is 0 Å². The van der Waals surface area contributed by atoms with Gasteiger partial charge in [0.05, 0.1) is 25.4 Å². The van der Waals surface area contributed by atoms with Gasteiger partial charge in [-0.3, -0.25) is 9.59 Å². The van der Waals surface area contributed by atoms with Gasteiger partial charge in [-0.05, 0) is 51.4 Å². The van der Waals surface area contributed by atoms with Crippen molar-refractivity contribution in [1.82, 2.24) is 5.32 Å². The van der Waals surface area contributed by atoms with Gasteiger partial charge in [0.1, 0.15) is 0 Å². The van der Waals surface area contributed by atoms with Crippen LogP contribution in [0.15, 0.2) is 12.2 Å². The Bertz CT molecular complexity index is 1210. The smallest absolute Gasteiger partial charge is 0.305 e. The molecule has 3 N–H and O–H groups in total. The number of hydrogen-bond donors (Lipinski definition) is 3. The van der Waals surface area contributed by atoms with Gasteiger partial charge in [-0.2, -0.15) is 0 Å². The van der Waals surface area contributed by atoms with Gasteiger partial charge in [0.2, 0.25) is 5.91 Å². The van der Waals surface area contributed by atoms with Gasteiger partial charge in [0, 0.05) is 12.8 Å². The molecule has 0 saturated carbocycles. The molecule has 0 aromatic heterocycles. The molecule has 0 fully saturated rings. The zero-order valence-electron chi connectivity index (χ0n) is 54.6. The Morgan fingerprint density at radius 3 is 0.887 bits per heavy atom. The number of unbranched alkanes of at least 4 members (excludes halogenated alkanes) is 57. The average molecular weight is 1130 g/mol. The van der Waals surface area contributed by atoms with Crippen LogP contribution in [0.1, 0.15) is 425 Å². The van der Waals surface area contributed by atoms with Crippen molar-refractivity contribution in [3.63, 3.8) is 0 Å². The maximum atomic E-state index is 12.5. The first-order valence-corrected chi connectivity index (χ1v) is 36.9. The third-order valence-electron chi connectivity index (χ3n) is 17.6. The molecule has 0 saturated heterocycles. The summed E-state index contributed by atoms with van der Waals surface area (Å²) in [5, 5.41) is 23.4. The monoisotopic (exact) mass is 1130 g/mol. The highest BCUT2D eigenvalue weighted by Crippen LogP contribution is 2.20. The van der Waals surface area contributed by atoms with Gasteiger partial charge in [-0.1, -0.05) is 373 Å². The number of nitrogens with one attached hydrogen (secondary N) is 1. The molecule has 6 heteroatoms. The van der Waals surface area contributed by atoms with Crippen molar-refractivity contribution >= 4 is 11.9 Å². The van der Waals surface area contributed by atoms with Gasteiger partial charge in [0.25, 0.3) is 0 Å². The molecule has 0 aliphatic carbocycles. The highest BCUT2D eigenvalue weighted by molar-refractivity contribution is 5.76. The summed E-state index contributed by atoms with van der Waals surface area (Å²) in [6, 6.07) is -0.545. The van der Waals surface area contributed by atoms with E-state index in [0.717, 1.165) is 38.5 Å². The Labute approximate surface area is 501 Å². The van der Waals surface area contributed by atoms with Crippen molar-refractivity contribution in [1.29, 1.82) is 0 Å².